The van der Waals surface area contributed by atoms with Crippen molar-refractivity contribution in [2.75, 3.05) is 30.8 Å². The SMILES string of the molecule is Cc1ccc(NC(=O)C[NH+](C)CC(=O)Nc2sc3c(c2C#N)CC[C@@H](C)C3)cc1. The minimum absolute atomic E-state index is 0.141. The number of hydrogen-bond donors (Lipinski definition) is 3. The van der Waals surface area contributed by atoms with E-state index in [9.17, 15) is 14.9 Å². The Labute approximate surface area is 175 Å². The van der Waals surface area contributed by atoms with Crippen molar-refractivity contribution in [2.24, 2.45) is 5.92 Å². The van der Waals surface area contributed by atoms with Crippen LogP contribution in [0.2, 0.25) is 0 Å². The number of quaternary nitrogens is 1. The summed E-state index contributed by atoms with van der Waals surface area (Å²) < 4.78 is 0. The Bertz CT molecular complexity index is 943. The van der Waals surface area contributed by atoms with Crippen LogP contribution in [0.25, 0.3) is 0 Å². The van der Waals surface area contributed by atoms with E-state index in [2.05, 4.69) is 23.6 Å². The number of aryl methyl sites for hydroxylation is 1. The lowest BCUT2D eigenvalue weighted by Gasteiger charge is -2.17. The number of carbonyl (C=O) groups excluding carboxylic acids is 2. The highest BCUT2D eigenvalue weighted by Gasteiger charge is 2.25. The molecule has 7 heteroatoms. The number of anilines is 2. The molecule has 0 fully saturated rings. The molecule has 1 unspecified atom stereocenters. The number of carbonyl (C=O) groups is 2. The van der Waals surface area contributed by atoms with E-state index < -0.39 is 0 Å². The number of thiophene rings is 1. The maximum absolute atomic E-state index is 12.5. The number of likely N-dealkylation sites (N-methyl/N-ethyl adjacent to an activating group) is 1. The van der Waals surface area contributed by atoms with E-state index in [4.69, 9.17) is 0 Å². The average Bonchev–Trinajstić information content (AvgIpc) is 2.98. The van der Waals surface area contributed by atoms with Crippen molar-refractivity contribution < 1.29 is 14.5 Å². The summed E-state index contributed by atoms with van der Waals surface area (Å²) in [5.74, 6) is 0.282. The second kappa shape index (κ2) is 9.21. The topological polar surface area (TPSA) is 86.4 Å². The predicted octanol–water partition coefficient (Wildman–Crippen LogP) is 2.14. The molecule has 0 saturated carbocycles. The first kappa shape index (κ1) is 21.0. The predicted molar refractivity (Wildman–Crippen MR) is 115 cm³/mol. The Morgan fingerprint density at radius 1 is 1.21 bits per heavy atom. The van der Waals surface area contributed by atoms with Crippen molar-refractivity contribution >= 4 is 33.8 Å². The summed E-state index contributed by atoms with van der Waals surface area (Å²) in [5.41, 5.74) is 3.59. The summed E-state index contributed by atoms with van der Waals surface area (Å²) in [6.07, 6.45) is 2.94. The number of fused-ring (bicyclic) bond motifs is 1. The Balaban J connectivity index is 1.54. The fourth-order valence-electron chi connectivity index (χ4n) is 3.58. The van der Waals surface area contributed by atoms with Gasteiger partial charge in [-0.3, -0.25) is 9.59 Å². The van der Waals surface area contributed by atoms with Crippen molar-refractivity contribution in [3.05, 3.63) is 45.8 Å². The van der Waals surface area contributed by atoms with Gasteiger partial charge in [-0.05, 0) is 49.8 Å². The number of nitrogens with one attached hydrogen (secondary N) is 3. The van der Waals surface area contributed by atoms with Crippen LogP contribution in [-0.4, -0.2) is 32.0 Å². The molecule has 1 aliphatic carbocycles. The number of rotatable bonds is 6. The number of hydrogen-bond acceptors (Lipinski definition) is 4. The first-order valence-electron chi connectivity index (χ1n) is 9.88. The van der Waals surface area contributed by atoms with Gasteiger partial charge in [-0.15, -0.1) is 11.3 Å². The highest BCUT2D eigenvalue weighted by atomic mass is 32.1. The van der Waals surface area contributed by atoms with Gasteiger partial charge in [-0.2, -0.15) is 5.26 Å². The Morgan fingerprint density at radius 3 is 2.52 bits per heavy atom. The third-order valence-corrected chi connectivity index (χ3v) is 6.31. The van der Waals surface area contributed by atoms with Gasteiger partial charge >= 0.3 is 0 Å². The zero-order valence-corrected chi connectivity index (χ0v) is 17.9. The van der Waals surface area contributed by atoms with Crippen LogP contribution in [-0.2, 0) is 22.4 Å². The van der Waals surface area contributed by atoms with Crippen molar-refractivity contribution in [1.29, 1.82) is 5.26 Å². The molecular weight excluding hydrogens is 384 g/mol. The van der Waals surface area contributed by atoms with Crippen LogP contribution in [0.5, 0.6) is 0 Å². The van der Waals surface area contributed by atoms with E-state index in [0.717, 1.165) is 41.0 Å². The van der Waals surface area contributed by atoms with E-state index in [1.807, 2.05) is 31.2 Å². The molecule has 0 spiro atoms. The van der Waals surface area contributed by atoms with E-state index in [-0.39, 0.29) is 24.9 Å². The lowest BCUT2D eigenvalue weighted by Crippen LogP contribution is -3.11. The minimum Gasteiger partial charge on any atom is -0.322 e. The molecular formula is C22H27N4O2S+. The first-order chi connectivity index (χ1) is 13.9. The van der Waals surface area contributed by atoms with Crippen LogP contribution in [0.1, 0.15) is 34.9 Å². The molecule has 2 atom stereocenters. The first-order valence-corrected chi connectivity index (χ1v) is 10.7. The van der Waals surface area contributed by atoms with Crippen molar-refractivity contribution in [1.82, 2.24) is 0 Å². The van der Waals surface area contributed by atoms with E-state index >= 15 is 0 Å². The second-order valence-electron chi connectivity index (χ2n) is 7.94. The molecule has 2 amide bonds. The molecule has 0 aliphatic heterocycles. The molecule has 3 rings (SSSR count). The van der Waals surface area contributed by atoms with Crippen LogP contribution < -0.4 is 15.5 Å². The molecule has 2 aromatic rings. The summed E-state index contributed by atoms with van der Waals surface area (Å²) in [6, 6.07) is 9.86. The van der Waals surface area contributed by atoms with Crippen molar-refractivity contribution in [3.63, 3.8) is 0 Å². The monoisotopic (exact) mass is 411 g/mol. The Morgan fingerprint density at radius 2 is 1.86 bits per heavy atom. The highest BCUT2D eigenvalue weighted by molar-refractivity contribution is 7.16. The number of amides is 2. The second-order valence-corrected chi connectivity index (χ2v) is 9.05. The summed E-state index contributed by atoms with van der Waals surface area (Å²) in [5, 5.41) is 15.9. The lowest BCUT2D eigenvalue weighted by atomic mass is 9.89. The Hall–Kier alpha value is -2.69. The molecule has 29 heavy (non-hydrogen) atoms. The Kier molecular flexibility index (Phi) is 6.68. The standard InChI is InChI=1S/C22H26N4O2S/c1-14-4-7-16(8-5-14)24-20(27)12-26(3)13-21(28)25-22-18(11-23)17-9-6-15(2)10-19(17)29-22/h4-5,7-8,15H,6,9-10,12-13H2,1-3H3,(H,24,27)(H,25,28)/p+1/t15-/m1/s1. The maximum atomic E-state index is 12.5. The normalized spacial score (nSPS) is 16.4. The maximum Gasteiger partial charge on any atom is 0.280 e. The zero-order chi connectivity index (χ0) is 21.0. The molecule has 6 nitrogen and oxygen atoms in total. The molecule has 0 saturated heterocycles. The summed E-state index contributed by atoms with van der Waals surface area (Å²) in [4.78, 5) is 26.7. The van der Waals surface area contributed by atoms with Crippen molar-refractivity contribution in [2.45, 2.75) is 33.1 Å². The van der Waals surface area contributed by atoms with Gasteiger partial charge in [0.1, 0.15) is 11.1 Å². The summed E-state index contributed by atoms with van der Waals surface area (Å²) in [6.45, 7) is 4.55. The molecule has 0 bridgehead atoms. The van der Waals surface area contributed by atoms with Gasteiger partial charge in [-0.1, -0.05) is 24.6 Å². The average molecular weight is 412 g/mol. The van der Waals surface area contributed by atoms with E-state index in [0.29, 0.717) is 16.5 Å². The van der Waals surface area contributed by atoms with Crippen LogP contribution in [0, 0.1) is 24.2 Å². The molecule has 3 N–H and O–H groups in total. The minimum atomic E-state index is -0.186. The fraction of sp³-hybridized carbons (Fsp3) is 0.409. The lowest BCUT2D eigenvalue weighted by molar-refractivity contribution is -0.862. The van der Waals surface area contributed by atoms with Gasteiger partial charge in [0.15, 0.2) is 13.1 Å². The van der Waals surface area contributed by atoms with Crippen LogP contribution in [0.3, 0.4) is 0 Å². The largest absolute Gasteiger partial charge is 0.322 e. The summed E-state index contributed by atoms with van der Waals surface area (Å²) >= 11 is 1.52. The van der Waals surface area contributed by atoms with E-state index in [1.165, 1.54) is 16.2 Å². The zero-order valence-electron chi connectivity index (χ0n) is 17.1. The molecule has 1 aromatic heterocycles. The van der Waals surface area contributed by atoms with Gasteiger partial charge in [0.05, 0.1) is 12.6 Å². The van der Waals surface area contributed by atoms with Gasteiger partial charge in [0.2, 0.25) is 0 Å². The van der Waals surface area contributed by atoms with Crippen LogP contribution in [0.15, 0.2) is 24.3 Å². The fourth-order valence-corrected chi connectivity index (χ4v) is 4.96. The number of nitrogens with zero attached hydrogens (tertiary/aromatic N) is 1. The smallest absolute Gasteiger partial charge is 0.280 e. The molecule has 0 radical (unpaired) electrons. The van der Waals surface area contributed by atoms with Gasteiger partial charge in [0.25, 0.3) is 11.8 Å². The van der Waals surface area contributed by atoms with Crippen LogP contribution >= 0.6 is 11.3 Å². The third-order valence-electron chi connectivity index (χ3n) is 5.14. The van der Waals surface area contributed by atoms with Crippen LogP contribution in [0.4, 0.5) is 10.7 Å². The molecule has 1 aromatic carbocycles. The van der Waals surface area contributed by atoms with Crippen molar-refractivity contribution in [3.8, 4) is 6.07 Å². The van der Waals surface area contributed by atoms with Gasteiger partial charge in [-0.25, -0.2) is 0 Å². The molecule has 1 aliphatic rings. The van der Waals surface area contributed by atoms with E-state index in [1.54, 1.807) is 7.05 Å². The number of nitriles is 1. The molecule has 152 valence electrons. The summed E-state index contributed by atoms with van der Waals surface area (Å²) in [7, 11) is 1.81. The van der Waals surface area contributed by atoms with Gasteiger partial charge < -0.3 is 15.5 Å². The number of benzene rings is 1. The molecule has 1 heterocycles. The third kappa shape index (κ3) is 5.43. The van der Waals surface area contributed by atoms with Gasteiger partial charge in [0, 0.05) is 10.6 Å². The quantitative estimate of drug-likeness (QED) is 0.681. The highest BCUT2D eigenvalue weighted by Crippen LogP contribution is 2.39.